The second-order valence-corrected chi connectivity index (χ2v) is 9.23. The number of hydrogen-bond donors (Lipinski definition) is 1. The molecule has 2 aliphatic heterocycles. The van der Waals surface area contributed by atoms with E-state index in [1.807, 2.05) is 18.2 Å². The Hall–Kier alpha value is -3.74. The largest absolute Gasteiger partial charge is 0.489 e. The van der Waals surface area contributed by atoms with Gasteiger partial charge in [0.2, 0.25) is 5.91 Å². The van der Waals surface area contributed by atoms with E-state index in [2.05, 4.69) is 10.3 Å². The molecule has 3 atom stereocenters. The number of pyridine rings is 1. The summed E-state index contributed by atoms with van der Waals surface area (Å²) in [5, 5.41) is 2.78. The lowest BCUT2D eigenvalue weighted by Gasteiger charge is -2.19. The van der Waals surface area contributed by atoms with E-state index in [1.54, 1.807) is 37.4 Å². The van der Waals surface area contributed by atoms with Crippen LogP contribution in [0.2, 0.25) is 0 Å². The number of carbonyl (C=O) groups is 2. The van der Waals surface area contributed by atoms with Gasteiger partial charge in [-0.1, -0.05) is 18.2 Å². The number of fused-ring (bicyclic) bond motifs is 4. The highest BCUT2D eigenvalue weighted by Gasteiger charge is 2.59. The maximum Gasteiger partial charge on any atom is 0.225 e. The fraction of sp³-hybridized carbons (Fsp3) is 0.296. The first kappa shape index (κ1) is 20.8. The van der Waals surface area contributed by atoms with Crippen molar-refractivity contribution in [3.05, 3.63) is 76.7 Å². The van der Waals surface area contributed by atoms with E-state index in [-0.39, 0.29) is 41.9 Å². The Bertz CT molecular complexity index is 1340. The van der Waals surface area contributed by atoms with E-state index in [0.29, 0.717) is 47.7 Å². The first-order valence-corrected chi connectivity index (χ1v) is 11.5. The van der Waals surface area contributed by atoms with Crippen molar-refractivity contribution in [2.24, 2.45) is 5.92 Å². The van der Waals surface area contributed by atoms with Gasteiger partial charge in [0.05, 0.1) is 0 Å². The zero-order chi connectivity index (χ0) is 23.4. The summed E-state index contributed by atoms with van der Waals surface area (Å²) in [5.74, 6) is 2.64. The first-order chi connectivity index (χ1) is 16.5. The molecule has 172 valence electrons. The molecule has 1 N–H and O–H groups in total. The van der Waals surface area contributed by atoms with Gasteiger partial charge in [-0.15, -0.1) is 0 Å². The molecule has 0 unspecified atom stereocenters. The molecule has 1 aromatic heterocycles. The van der Waals surface area contributed by atoms with Crippen molar-refractivity contribution < 1.29 is 23.5 Å². The quantitative estimate of drug-likeness (QED) is 0.570. The van der Waals surface area contributed by atoms with Crippen LogP contribution in [-0.2, 0) is 22.4 Å². The smallest absolute Gasteiger partial charge is 0.225 e. The summed E-state index contributed by atoms with van der Waals surface area (Å²) >= 11 is 0. The molecule has 0 spiro atoms. The van der Waals surface area contributed by atoms with Gasteiger partial charge >= 0.3 is 0 Å². The SMILES string of the molecule is Cc1cccc(CC(=O)C[C@@H]2[C@H]3Oc4ccc(Oc5ccnc6c5CCC(=O)N6)cc4[C@@H]23)c1F. The predicted molar refractivity (Wildman–Crippen MR) is 123 cm³/mol. The number of hydrogen-bond acceptors (Lipinski definition) is 5. The van der Waals surface area contributed by atoms with E-state index < -0.39 is 0 Å². The topological polar surface area (TPSA) is 77.5 Å². The molecule has 6 rings (SSSR count). The van der Waals surface area contributed by atoms with Gasteiger partial charge < -0.3 is 14.8 Å². The van der Waals surface area contributed by atoms with Crippen LogP contribution in [0.15, 0.2) is 48.7 Å². The molecule has 1 saturated carbocycles. The van der Waals surface area contributed by atoms with Crippen LogP contribution in [0.1, 0.15) is 41.0 Å². The molecule has 3 heterocycles. The summed E-state index contributed by atoms with van der Waals surface area (Å²) in [6.07, 6.45) is 3.05. The average Bonchev–Trinajstić information content (AvgIpc) is 3.33. The molecule has 3 aromatic rings. The number of ketones is 1. The van der Waals surface area contributed by atoms with Crippen molar-refractivity contribution in [3.63, 3.8) is 0 Å². The number of anilines is 1. The van der Waals surface area contributed by atoms with Gasteiger partial charge in [-0.25, -0.2) is 9.37 Å². The summed E-state index contributed by atoms with van der Waals surface area (Å²) in [6.45, 7) is 1.71. The highest BCUT2D eigenvalue weighted by Crippen LogP contribution is 2.60. The van der Waals surface area contributed by atoms with Crippen LogP contribution in [0, 0.1) is 18.7 Å². The normalized spacial score (nSPS) is 21.6. The Morgan fingerprint density at radius 2 is 2.12 bits per heavy atom. The zero-order valence-corrected chi connectivity index (χ0v) is 18.6. The molecule has 1 fully saturated rings. The number of nitrogens with zero attached hydrogens (tertiary/aromatic N) is 1. The number of benzene rings is 2. The van der Waals surface area contributed by atoms with Crippen LogP contribution in [0.5, 0.6) is 17.2 Å². The van der Waals surface area contributed by atoms with Crippen molar-refractivity contribution >= 4 is 17.5 Å². The lowest BCUT2D eigenvalue weighted by molar-refractivity contribution is -0.119. The fourth-order valence-electron chi connectivity index (χ4n) is 5.13. The minimum absolute atomic E-state index is 0.0135. The third kappa shape index (κ3) is 3.61. The summed E-state index contributed by atoms with van der Waals surface area (Å²) in [5.41, 5.74) is 2.93. The van der Waals surface area contributed by atoms with Gasteiger partial charge in [0, 0.05) is 48.4 Å². The number of Topliss-reactive ketones (excluding diaryl/α,β-unsaturated/α-hetero) is 1. The fourth-order valence-corrected chi connectivity index (χ4v) is 5.13. The number of halogens is 1. The summed E-state index contributed by atoms with van der Waals surface area (Å²) in [6, 6.07) is 12.7. The first-order valence-electron chi connectivity index (χ1n) is 11.5. The van der Waals surface area contributed by atoms with Gasteiger partial charge in [-0.3, -0.25) is 9.59 Å². The molecule has 2 aromatic carbocycles. The highest BCUT2D eigenvalue weighted by molar-refractivity contribution is 5.93. The zero-order valence-electron chi connectivity index (χ0n) is 18.6. The van der Waals surface area contributed by atoms with E-state index in [9.17, 15) is 14.0 Å². The minimum Gasteiger partial charge on any atom is -0.489 e. The van der Waals surface area contributed by atoms with Crippen LogP contribution in [0.25, 0.3) is 0 Å². The van der Waals surface area contributed by atoms with Gasteiger partial charge in [0.25, 0.3) is 0 Å². The number of nitrogens with one attached hydrogen (secondary N) is 1. The van der Waals surface area contributed by atoms with Crippen LogP contribution < -0.4 is 14.8 Å². The molecule has 7 heteroatoms. The van der Waals surface area contributed by atoms with Crippen LogP contribution >= 0.6 is 0 Å². The second-order valence-electron chi connectivity index (χ2n) is 9.23. The molecule has 6 nitrogen and oxygen atoms in total. The minimum atomic E-state index is -0.298. The Morgan fingerprint density at radius 1 is 1.24 bits per heavy atom. The number of rotatable bonds is 6. The Labute approximate surface area is 196 Å². The lowest BCUT2D eigenvalue weighted by atomic mass is 10.00. The van der Waals surface area contributed by atoms with Crippen LogP contribution in [0.4, 0.5) is 10.2 Å². The summed E-state index contributed by atoms with van der Waals surface area (Å²) in [7, 11) is 0. The molecule has 3 aliphatic rings. The molecule has 1 amide bonds. The van der Waals surface area contributed by atoms with E-state index in [0.717, 1.165) is 16.9 Å². The van der Waals surface area contributed by atoms with Crippen molar-refractivity contribution in [2.75, 3.05) is 5.32 Å². The Kier molecular flexibility index (Phi) is 4.86. The predicted octanol–water partition coefficient (Wildman–Crippen LogP) is 4.88. The van der Waals surface area contributed by atoms with E-state index in [1.165, 1.54) is 0 Å². The molecular weight excluding hydrogens is 435 g/mol. The monoisotopic (exact) mass is 458 g/mol. The third-order valence-electron chi connectivity index (χ3n) is 6.92. The number of aromatic nitrogens is 1. The van der Waals surface area contributed by atoms with Crippen molar-refractivity contribution in [3.8, 4) is 17.2 Å². The second kappa shape index (κ2) is 7.94. The van der Waals surface area contributed by atoms with Crippen molar-refractivity contribution in [1.82, 2.24) is 4.98 Å². The van der Waals surface area contributed by atoms with Crippen molar-refractivity contribution in [2.45, 2.75) is 44.6 Å². The van der Waals surface area contributed by atoms with Crippen LogP contribution in [-0.4, -0.2) is 22.8 Å². The maximum absolute atomic E-state index is 14.3. The molecule has 0 bridgehead atoms. The number of ether oxygens (including phenoxy) is 2. The van der Waals surface area contributed by atoms with E-state index in [4.69, 9.17) is 9.47 Å². The maximum atomic E-state index is 14.3. The number of amides is 1. The molecule has 0 saturated heterocycles. The van der Waals surface area contributed by atoms with Gasteiger partial charge in [-0.05, 0) is 48.7 Å². The standard InChI is InChI=1S/C27H23FN2O4/c1-14-3-2-4-15(25(14)28)11-16(31)12-20-24-19-13-17(5-7-21(19)34-26(20)24)33-22-9-10-29-27-18(22)6-8-23(32)30-27/h2-5,7,9-10,13,20,24,26H,6,8,11-12H2,1H3,(H,29,30,32)/t20-,24-,26+/m0/s1. The molecule has 34 heavy (non-hydrogen) atoms. The Balaban J connectivity index is 1.15. The molecule has 0 radical (unpaired) electrons. The van der Waals surface area contributed by atoms with E-state index >= 15 is 0 Å². The van der Waals surface area contributed by atoms with Gasteiger partial charge in [-0.2, -0.15) is 0 Å². The molecule has 1 aliphatic carbocycles. The highest BCUT2D eigenvalue weighted by atomic mass is 19.1. The Morgan fingerprint density at radius 3 is 3.00 bits per heavy atom. The number of aryl methyl sites for hydroxylation is 1. The summed E-state index contributed by atoms with van der Waals surface area (Å²) in [4.78, 5) is 28.5. The third-order valence-corrected chi connectivity index (χ3v) is 6.92. The lowest BCUT2D eigenvalue weighted by Crippen LogP contribution is -2.20. The molecular formula is C27H23FN2O4. The van der Waals surface area contributed by atoms with Gasteiger partial charge in [0.15, 0.2) is 0 Å². The average molecular weight is 458 g/mol. The summed E-state index contributed by atoms with van der Waals surface area (Å²) < 4.78 is 26.5. The van der Waals surface area contributed by atoms with Crippen LogP contribution in [0.3, 0.4) is 0 Å². The number of carbonyl (C=O) groups excluding carboxylic acids is 2. The van der Waals surface area contributed by atoms with Gasteiger partial charge in [0.1, 0.15) is 40.8 Å². The van der Waals surface area contributed by atoms with Crippen molar-refractivity contribution in [1.29, 1.82) is 0 Å².